The van der Waals surface area contributed by atoms with Gasteiger partial charge in [0, 0.05) is 24.7 Å². The summed E-state index contributed by atoms with van der Waals surface area (Å²) in [5.74, 6) is 2.71. The van der Waals surface area contributed by atoms with E-state index >= 15 is 0 Å². The van der Waals surface area contributed by atoms with Gasteiger partial charge >= 0.3 is 5.97 Å². The summed E-state index contributed by atoms with van der Waals surface area (Å²) in [7, 11) is 1.91. The Hall–Kier alpha value is -4.00. The summed E-state index contributed by atoms with van der Waals surface area (Å²) in [6.45, 7) is 0. The number of ether oxygens (including phenoxy) is 1. The first kappa shape index (κ1) is 20.6. The number of hydrogen-bond donors (Lipinski definition) is 1. The second kappa shape index (κ2) is 8.41. The molecule has 2 aromatic carbocycles. The van der Waals surface area contributed by atoms with E-state index in [0.717, 1.165) is 52.4 Å². The van der Waals surface area contributed by atoms with Crippen molar-refractivity contribution in [2.75, 3.05) is 5.32 Å². The SMILES string of the molecule is Cn1ncc(-c2ccc(-c3ccc(OC(=O)C4CC4)cc3)cc2)c1Nc1cncc(C2CC2)n1. The molecular weight excluding hydrogens is 426 g/mol. The Labute approximate surface area is 197 Å². The number of benzene rings is 2. The molecule has 2 aromatic heterocycles. The van der Waals surface area contributed by atoms with Crippen LogP contribution >= 0.6 is 0 Å². The van der Waals surface area contributed by atoms with Crippen LogP contribution in [0.15, 0.2) is 67.1 Å². The molecule has 2 heterocycles. The van der Waals surface area contributed by atoms with Crippen LogP contribution in [0.3, 0.4) is 0 Å². The van der Waals surface area contributed by atoms with Gasteiger partial charge < -0.3 is 10.1 Å². The second-order valence-corrected chi connectivity index (χ2v) is 9.06. The Morgan fingerprint density at radius 3 is 2.26 bits per heavy atom. The lowest BCUT2D eigenvalue weighted by Crippen LogP contribution is -2.09. The summed E-state index contributed by atoms with van der Waals surface area (Å²) >= 11 is 0. The van der Waals surface area contributed by atoms with E-state index in [1.807, 2.05) is 48.4 Å². The second-order valence-electron chi connectivity index (χ2n) is 9.06. The van der Waals surface area contributed by atoms with Crippen LogP contribution in [-0.2, 0) is 11.8 Å². The summed E-state index contributed by atoms with van der Waals surface area (Å²) < 4.78 is 7.25. The first-order chi connectivity index (χ1) is 16.6. The average Bonchev–Trinajstić information content (AvgIpc) is 3.78. The Bertz CT molecular complexity index is 1340. The predicted molar refractivity (Wildman–Crippen MR) is 130 cm³/mol. The third kappa shape index (κ3) is 4.29. The fraction of sp³-hybridized carbons (Fsp3) is 0.259. The molecule has 7 heteroatoms. The zero-order valence-electron chi connectivity index (χ0n) is 18.9. The van der Waals surface area contributed by atoms with Crippen molar-refractivity contribution in [1.29, 1.82) is 0 Å². The van der Waals surface area contributed by atoms with E-state index in [2.05, 4.69) is 39.7 Å². The van der Waals surface area contributed by atoms with Gasteiger partial charge in [0.05, 0.1) is 24.0 Å². The molecule has 0 aliphatic heterocycles. The molecule has 0 bridgehead atoms. The molecular formula is C27H25N5O2. The molecule has 2 fully saturated rings. The van der Waals surface area contributed by atoms with Gasteiger partial charge in [0.1, 0.15) is 17.4 Å². The van der Waals surface area contributed by atoms with E-state index in [9.17, 15) is 4.79 Å². The average molecular weight is 452 g/mol. The van der Waals surface area contributed by atoms with Gasteiger partial charge in [0.25, 0.3) is 0 Å². The Balaban J connectivity index is 1.20. The molecule has 0 radical (unpaired) electrons. The summed E-state index contributed by atoms with van der Waals surface area (Å²) in [6, 6.07) is 16.0. The van der Waals surface area contributed by atoms with E-state index < -0.39 is 0 Å². The van der Waals surface area contributed by atoms with Crippen LogP contribution in [0.25, 0.3) is 22.3 Å². The van der Waals surface area contributed by atoms with Crippen LogP contribution in [0, 0.1) is 5.92 Å². The Morgan fingerprint density at radius 1 is 0.912 bits per heavy atom. The van der Waals surface area contributed by atoms with Crippen LogP contribution in [-0.4, -0.2) is 25.7 Å². The molecule has 2 saturated carbocycles. The van der Waals surface area contributed by atoms with E-state index in [4.69, 9.17) is 9.72 Å². The van der Waals surface area contributed by atoms with Crippen LogP contribution in [0.5, 0.6) is 5.75 Å². The maximum atomic E-state index is 11.9. The van der Waals surface area contributed by atoms with Crippen molar-refractivity contribution in [2.45, 2.75) is 31.6 Å². The molecule has 0 atom stereocenters. The van der Waals surface area contributed by atoms with E-state index in [1.54, 1.807) is 6.20 Å². The zero-order valence-corrected chi connectivity index (χ0v) is 18.9. The third-order valence-electron chi connectivity index (χ3n) is 6.35. The number of hydrogen-bond acceptors (Lipinski definition) is 6. The lowest BCUT2D eigenvalue weighted by Gasteiger charge is -2.10. The molecule has 4 aromatic rings. The minimum absolute atomic E-state index is 0.0910. The molecule has 0 unspecified atom stereocenters. The molecule has 0 spiro atoms. The lowest BCUT2D eigenvalue weighted by atomic mass is 10.0. The third-order valence-corrected chi connectivity index (χ3v) is 6.35. The molecule has 170 valence electrons. The van der Waals surface area contributed by atoms with Crippen molar-refractivity contribution in [1.82, 2.24) is 19.7 Å². The van der Waals surface area contributed by atoms with Crippen molar-refractivity contribution in [3.05, 3.63) is 72.8 Å². The molecule has 0 saturated heterocycles. The molecule has 2 aliphatic carbocycles. The van der Waals surface area contributed by atoms with Crippen molar-refractivity contribution in [3.8, 4) is 28.0 Å². The summed E-state index contributed by atoms with van der Waals surface area (Å²) in [6.07, 6.45) is 9.73. The van der Waals surface area contributed by atoms with Crippen molar-refractivity contribution < 1.29 is 9.53 Å². The van der Waals surface area contributed by atoms with Crippen LogP contribution in [0.1, 0.15) is 37.3 Å². The van der Waals surface area contributed by atoms with Gasteiger partial charge in [0.2, 0.25) is 0 Å². The van der Waals surface area contributed by atoms with Gasteiger partial charge in [-0.2, -0.15) is 5.10 Å². The maximum absolute atomic E-state index is 11.9. The van der Waals surface area contributed by atoms with Gasteiger partial charge in [-0.05, 0) is 54.5 Å². The maximum Gasteiger partial charge on any atom is 0.314 e. The standard InChI is InChI=1S/C27H25N5O2/c1-32-26(31-25-16-28-15-24(30-25)20-6-7-20)23(14-29-32)19-4-2-17(3-5-19)18-10-12-22(13-11-18)34-27(33)21-8-9-21/h2-5,10-16,20-21H,6-9H2,1H3,(H,30,31). The number of anilines is 2. The highest BCUT2D eigenvalue weighted by Gasteiger charge is 2.31. The van der Waals surface area contributed by atoms with Crippen LogP contribution in [0.2, 0.25) is 0 Å². The van der Waals surface area contributed by atoms with Crippen molar-refractivity contribution in [3.63, 3.8) is 0 Å². The smallest absolute Gasteiger partial charge is 0.314 e. The van der Waals surface area contributed by atoms with Gasteiger partial charge in [-0.3, -0.25) is 14.5 Å². The summed E-state index contributed by atoms with van der Waals surface area (Å²) in [5, 5.41) is 7.86. The highest BCUT2D eigenvalue weighted by atomic mass is 16.5. The molecule has 0 amide bonds. The van der Waals surface area contributed by atoms with Crippen molar-refractivity contribution >= 4 is 17.6 Å². The number of carbonyl (C=O) groups excluding carboxylic acids is 1. The van der Waals surface area contributed by atoms with Crippen molar-refractivity contribution in [2.24, 2.45) is 13.0 Å². The first-order valence-electron chi connectivity index (χ1n) is 11.7. The number of aromatic nitrogens is 4. The fourth-order valence-corrected chi connectivity index (χ4v) is 4.01. The summed E-state index contributed by atoms with van der Waals surface area (Å²) in [5.41, 5.74) is 5.25. The van der Waals surface area contributed by atoms with Gasteiger partial charge in [-0.25, -0.2) is 4.98 Å². The van der Waals surface area contributed by atoms with E-state index in [0.29, 0.717) is 11.7 Å². The monoisotopic (exact) mass is 451 g/mol. The number of nitrogens with zero attached hydrogens (tertiary/aromatic N) is 4. The normalized spacial score (nSPS) is 15.2. The molecule has 1 N–H and O–H groups in total. The highest BCUT2D eigenvalue weighted by molar-refractivity contribution is 5.80. The Kier molecular flexibility index (Phi) is 5.09. The van der Waals surface area contributed by atoms with E-state index in [1.165, 1.54) is 12.8 Å². The number of carbonyl (C=O) groups is 1. The molecule has 6 rings (SSSR count). The zero-order chi connectivity index (χ0) is 23.1. The quantitative estimate of drug-likeness (QED) is 0.296. The van der Waals surface area contributed by atoms with Gasteiger partial charge in [-0.1, -0.05) is 36.4 Å². The molecule has 7 nitrogen and oxygen atoms in total. The number of nitrogens with one attached hydrogen (secondary N) is 1. The van der Waals surface area contributed by atoms with Gasteiger partial charge in [-0.15, -0.1) is 0 Å². The first-order valence-corrected chi connectivity index (χ1v) is 11.7. The molecule has 2 aliphatic rings. The minimum atomic E-state index is -0.122. The lowest BCUT2D eigenvalue weighted by molar-refractivity contribution is -0.135. The minimum Gasteiger partial charge on any atom is -0.426 e. The van der Waals surface area contributed by atoms with Crippen LogP contribution in [0.4, 0.5) is 11.6 Å². The fourth-order valence-electron chi connectivity index (χ4n) is 4.01. The number of esters is 1. The number of aryl methyl sites for hydroxylation is 1. The van der Waals surface area contributed by atoms with Gasteiger partial charge in [0.15, 0.2) is 0 Å². The topological polar surface area (TPSA) is 81.9 Å². The Morgan fingerprint density at radius 2 is 1.59 bits per heavy atom. The largest absolute Gasteiger partial charge is 0.426 e. The number of rotatable bonds is 7. The van der Waals surface area contributed by atoms with E-state index in [-0.39, 0.29) is 11.9 Å². The summed E-state index contributed by atoms with van der Waals surface area (Å²) in [4.78, 5) is 20.9. The highest BCUT2D eigenvalue weighted by Crippen LogP contribution is 2.39. The molecule has 34 heavy (non-hydrogen) atoms. The predicted octanol–water partition coefficient (Wildman–Crippen LogP) is 5.48. The van der Waals surface area contributed by atoms with Crippen LogP contribution < -0.4 is 10.1 Å².